The number of nitrogens with zero attached hydrogens (tertiary/aromatic N) is 3. The molecule has 174 valence electrons. The molecule has 2 saturated heterocycles. The number of rotatable bonds is 7. The molecule has 0 aromatic carbocycles. The number of amides is 2. The molecule has 2 aliphatic heterocycles. The van der Waals surface area contributed by atoms with Gasteiger partial charge in [0.15, 0.2) is 10.8 Å². The van der Waals surface area contributed by atoms with Crippen LogP contribution in [0.25, 0.3) is 0 Å². The van der Waals surface area contributed by atoms with Crippen molar-refractivity contribution in [1.82, 2.24) is 15.2 Å². The van der Waals surface area contributed by atoms with E-state index in [1.807, 2.05) is 0 Å². The number of carbonyl (C=O) groups excluding carboxylic acids is 2. The van der Waals surface area contributed by atoms with Gasteiger partial charge in [-0.2, -0.15) is 0 Å². The molecule has 12 heteroatoms. The predicted octanol–water partition coefficient (Wildman–Crippen LogP) is 1.66. The number of carboxylic acid groups (broad SMARTS) is 1. The van der Waals surface area contributed by atoms with Crippen molar-refractivity contribution < 1.29 is 24.3 Å². The number of aliphatic carboxylic acids is 1. The summed E-state index contributed by atoms with van der Waals surface area (Å²) < 4.78 is -0.672. The van der Waals surface area contributed by atoms with Crippen LogP contribution in [0.1, 0.15) is 51.6 Å². The maximum atomic E-state index is 13.1. The SMILES string of the molecule is CC1(C)S[C@@H]2[C@@H](NC(=O)C(=NOCC3CCCCC3)c3csc(N)n3)C(=O)N2[C@H]1C(=O)O. The van der Waals surface area contributed by atoms with Gasteiger partial charge in [0.05, 0.1) is 0 Å². The fourth-order valence-electron chi connectivity index (χ4n) is 4.52. The van der Waals surface area contributed by atoms with Crippen molar-refractivity contribution in [2.45, 2.75) is 68.2 Å². The third-order valence-corrected chi connectivity index (χ3v) is 8.38. The Morgan fingerprint density at radius 1 is 1.38 bits per heavy atom. The molecule has 0 spiro atoms. The average Bonchev–Trinajstić information content (AvgIpc) is 3.28. The number of aromatic nitrogens is 1. The van der Waals surface area contributed by atoms with Crippen LogP contribution in [0.2, 0.25) is 0 Å². The van der Waals surface area contributed by atoms with E-state index in [-0.39, 0.29) is 16.5 Å². The zero-order chi connectivity index (χ0) is 23.0. The highest BCUT2D eigenvalue weighted by atomic mass is 32.2. The summed E-state index contributed by atoms with van der Waals surface area (Å²) >= 11 is 2.54. The molecule has 1 aliphatic carbocycles. The molecule has 0 radical (unpaired) electrons. The van der Waals surface area contributed by atoms with Gasteiger partial charge in [0, 0.05) is 10.1 Å². The number of anilines is 1. The number of nitrogen functional groups attached to an aromatic ring is 1. The lowest BCUT2D eigenvalue weighted by Crippen LogP contribution is -2.71. The van der Waals surface area contributed by atoms with Gasteiger partial charge in [-0.05, 0) is 32.6 Å². The zero-order valence-corrected chi connectivity index (χ0v) is 19.6. The number of carbonyl (C=O) groups is 3. The predicted molar refractivity (Wildman–Crippen MR) is 121 cm³/mol. The number of fused-ring (bicyclic) bond motifs is 1. The van der Waals surface area contributed by atoms with E-state index in [0.29, 0.717) is 12.5 Å². The highest BCUT2D eigenvalue weighted by Gasteiger charge is 2.64. The molecule has 1 aromatic rings. The fourth-order valence-corrected chi connectivity index (χ4v) is 6.69. The number of thiazole rings is 1. The highest BCUT2D eigenvalue weighted by molar-refractivity contribution is 8.01. The Morgan fingerprint density at radius 3 is 2.72 bits per heavy atom. The van der Waals surface area contributed by atoms with Crippen molar-refractivity contribution in [3.05, 3.63) is 11.1 Å². The van der Waals surface area contributed by atoms with Crippen molar-refractivity contribution in [2.75, 3.05) is 12.3 Å². The van der Waals surface area contributed by atoms with Crippen LogP contribution >= 0.6 is 23.1 Å². The molecule has 32 heavy (non-hydrogen) atoms. The number of nitrogens with two attached hydrogens (primary N) is 1. The molecular formula is C20H27N5O5S2. The van der Waals surface area contributed by atoms with Crippen LogP contribution < -0.4 is 11.1 Å². The normalized spacial score (nSPS) is 27.6. The first kappa shape index (κ1) is 22.8. The van der Waals surface area contributed by atoms with E-state index >= 15 is 0 Å². The van der Waals surface area contributed by atoms with Crippen molar-refractivity contribution >= 4 is 51.7 Å². The maximum absolute atomic E-state index is 13.1. The van der Waals surface area contributed by atoms with Gasteiger partial charge < -0.3 is 25.9 Å². The summed E-state index contributed by atoms with van der Waals surface area (Å²) in [7, 11) is 0. The molecule has 1 saturated carbocycles. The van der Waals surface area contributed by atoms with E-state index in [4.69, 9.17) is 10.6 Å². The van der Waals surface area contributed by atoms with Gasteiger partial charge in [0.2, 0.25) is 5.91 Å². The van der Waals surface area contributed by atoms with Crippen molar-refractivity contribution in [2.24, 2.45) is 11.1 Å². The second-order valence-corrected chi connectivity index (χ2v) is 11.5. The molecule has 3 heterocycles. The summed E-state index contributed by atoms with van der Waals surface area (Å²) in [5.74, 6) is -1.67. The third-order valence-electron chi connectivity index (χ3n) is 6.13. The molecule has 0 bridgehead atoms. The number of thioether (sulfide) groups is 1. The van der Waals surface area contributed by atoms with Crippen LogP contribution in [0.4, 0.5) is 5.13 Å². The van der Waals surface area contributed by atoms with E-state index in [2.05, 4.69) is 15.5 Å². The minimum atomic E-state index is -1.06. The Kier molecular flexibility index (Phi) is 6.35. The summed E-state index contributed by atoms with van der Waals surface area (Å²) in [6.45, 7) is 3.98. The fraction of sp³-hybridized carbons (Fsp3) is 0.650. The van der Waals surface area contributed by atoms with Crippen molar-refractivity contribution in [1.29, 1.82) is 0 Å². The van der Waals surface area contributed by atoms with Crippen LogP contribution in [0.5, 0.6) is 0 Å². The first-order chi connectivity index (χ1) is 15.2. The quantitative estimate of drug-likeness (QED) is 0.303. The number of nitrogens with one attached hydrogen (secondary N) is 1. The van der Waals surface area contributed by atoms with E-state index in [1.54, 1.807) is 19.2 Å². The number of oxime groups is 1. The largest absolute Gasteiger partial charge is 0.480 e. The summed E-state index contributed by atoms with van der Waals surface area (Å²) in [6, 6.07) is -1.78. The number of hydrogen-bond donors (Lipinski definition) is 3. The number of carboxylic acids is 1. The van der Waals surface area contributed by atoms with Crippen LogP contribution in [0, 0.1) is 5.92 Å². The highest BCUT2D eigenvalue weighted by Crippen LogP contribution is 2.50. The lowest BCUT2D eigenvalue weighted by molar-refractivity contribution is -0.160. The van der Waals surface area contributed by atoms with Crippen LogP contribution in [-0.2, 0) is 19.2 Å². The second kappa shape index (κ2) is 8.89. The Hall–Kier alpha value is -2.34. The van der Waals surface area contributed by atoms with Gasteiger partial charge in [0.1, 0.15) is 29.8 Å². The number of β-lactam (4-membered cyclic amide) rings is 1. The molecule has 1 aromatic heterocycles. The van der Waals surface area contributed by atoms with Gasteiger partial charge in [-0.25, -0.2) is 9.78 Å². The topological polar surface area (TPSA) is 147 Å². The molecule has 2 amide bonds. The standard InChI is InChI=1S/C20H27N5O5S2/c1-20(2)14(18(28)29)25-16(27)13(17(25)32-20)23-15(26)12(11-9-31-19(21)22-11)24-30-8-10-6-4-3-5-7-10/h9-10,13-14,17H,3-8H2,1-2H3,(H2,21,22)(H,23,26)(H,28,29)/t13-,14-,17+/m0/s1. The average molecular weight is 482 g/mol. The molecule has 4 rings (SSSR count). The van der Waals surface area contributed by atoms with Gasteiger partial charge >= 0.3 is 5.97 Å². The molecular weight excluding hydrogens is 454 g/mol. The first-order valence-corrected chi connectivity index (χ1v) is 12.4. The second-order valence-electron chi connectivity index (χ2n) is 8.86. The Labute approximate surface area is 193 Å². The minimum Gasteiger partial charge on any atom is -0.480 e. The van der Waals surface area contributed by atoms with Gasteiger partial charge in [-0.15, -0.1) is 23.1 Å². The van der Waals surface area contributed by atoms with E-state index in [1.165, 1.54) is 47.3 Å². The Bertz CT molecular complexity index is 943. The summed E-state index contributed by atoms with van der Waals surface area (Å²) in [5, 5.41) is 17.8. The maximum Gasteiger partial charge on any atom is 0.327 e. The molecule has 3 atom stereocenters. The number of hydrogen-bond acceptors (Lipinski definition) is 9. The third kappa shape index (κ3) is 4.29. The lowest BCUT2D eigenvalue weighted by atomic mass is 9.90. The first-order valence-electron chi connectivity index (χ1n) is 10.6. The van der Waals surface area contributed by atoms with Gasteiger partial charge in [-0.3, -0.25) is 9.59 Å². The van der Waals surface area contributed by atoms with Crippen molar-refractivity contribution in [3.63, 3.8) is 0 Å². The molecule has 10 nitrogen and oxygen atoms in total. The van der Waals surface area contributed by atoms with Gasteiger partial charge in [-0.1, -0.05) is 24.4 Å². The molecule has 0 unspecified atom stereocenters. The van der Waals surface area contributed by atoms with Gasteiger partial charge in [0.25, 0.3) is 5.91 Å². The lowest BCUT2D eigenvalue weighted by Gasteiger charge is -2.43. The summed E-state index contributed by atoms with van der Waals surface area (Å²) in [5.41, 5.74) is 5.96. The molecule has 3 aliphatic rings. The minimum absolute atomic E-state index is 0.0444. The van der Waals surface area contributed by atoms with E-state index in [0.717, 1.165) is 12.8 Å². The smallest absolute Gasteiger partial charge is 0.327 e. The molecule has 3 fully saturated rings. The molecule has 4 N–H and O–H groups in total. The monoisotopic (exact) mass is 481 g/mol. The van der Waals surface area contributed by atoms with E-state index in [9.17, 15) is 19.5 Å². The Balaban J connectivity index is 1.46. The summed E-state index contributed by atoms with van der Waals surface area (Å²) in [4.78, 5) is 48.4. The zero-order valence-electron chi connectivity index (χ0n) is 17.9. The van der Waals surface area contributed by atoms with Crippen molar-refractivity contribution in [3.8, 4) is 0 Å². The van der Waals surface area contributed by atoms with Crippen LogP contribution in [0.15, 0.2) is 10.5 Å². The van der Waals surface area contributed by atoms with Crippen LogP contribution in [-0.4, -0.2) is 67.3 Å². The van der Waals surface area contributed by atoms with E-state index < -0.39 is 40.0 Å². The summed E-state index contributed by atoms with van der Waals surface area (Å²) in [6.07, 6.45) is 5.72. The Morgan fingerprint density at radius 2 is 2.09 bits per heavy atom. The van der Waals surface area contributed by atoms with Crippen LogP contribution in [0.3, 0.4) is 0 Å².